The zero-order valence-electron chi connectivity index (χ0n) is 21.2. The number of aryl methyl sites for hydroxylation is 1. The number of nitrogens with zero attached hydrogens (tertiary/aromatic N) is 1. The Hall–Kier alpha value is -4.14. The standard InChI is InChI=1S/C29H29ClN4O4/c1-18(35)34(15-14-31-2)23-10-8-22(9-11-23)32-28(20-5-3-4-19(16-20)6-13-26(36)37)27-24-12-7-21(30)17-25(24)33-29(27)38/h3-5,7-12,16-17,31-32H,6,13-15H2,1-2H3,(H,33,38)(H,36,37). The van der Waals surface area contributed by atoms with Gasteiger partial charge in [0.2, 0.25) is 5.91 Å². The van der Waals surface area contributed by atoms with Crippen LogP contribution < -0.4 is 20.9 Å². The first kappa shape index (κ1) is 26.9. The van der Waals surface area contributed by atoms with Crippen molar-refractivity contribution in [2.75, 3.05) is 35.7 Å². The maximum atomic E-state index is 13.2. The SMILES string of the molecule is CNCCN(C(C)=O)c1ccc(NC(=C2C(=O)Nc3cc(Cl)ccc32)c2cccc(CCC(=O)O)c2)cc1. The topological polar surface area (TPSA) is 111 Å². The van der Waals surface area contributed by atoms with Crippen molar-refractivity contribution in [3.05, 3.63) is 88.4 Å². The molecule has 8 nitrogen and oxygen atoms in total. The number of fused-ring (bicyclic) bond motifs is 1. The van der Waals surface area contributed by atoms with Gasteiger partial charge in [0, 0.05) is 48.4 Å². The lowest BCUT2D eigenvalue weighted by Gasteiger charge is -2.22. The minimum absolute atomic E-state index is 0.00622. The number of anilines is 3. The van der Waals surface area contributed by atoms with Crippen molar-refractivity contribution in [3.8, 4) is 0 Å². The van der Waals surface area contributed by atoms with E-state index in [1.807, 2.05) is 55.6 Å². The number of carbonyl (C=O) groups is 3. The molecule has 0 aliphatic carbocycles. The van der Waals surface area contributed by atoms with Crippen molar-refractivity contribution in [2.24, 2.45) is 0 Å². The highest BCUT2D eigenvalue weighted by molar-refractivity contribution is 6.38. The number of benzene rings is 3. The Morgan fingerprint density at radius 1 is 1.05 bits per heavy atom. The molecule has 1 heterocycles. The van der Waals surface area contributed by atoms with Gasteiger partial charge in [-0.1, -0.05) is 35.9 Å². The summed E-state index contributed by atoms with van der Waals surface area (Å²) in [6.07, 6.45) is 0.374. The Morgan fingerprint density at radius 3 is 2.50 bits per heavy atom. The summed E-state index contributed by atoms with van der Waals surface area (Å²) in [6.45, 7) is 2.73. The molecule has 0 spiro atoms. The van der Waals surface area contributed by atoms with Gasteiger partial charge in [0.05, 0.1) is 17.0 Å². The van der Waals surface area contributed by atoms with Gasteiger partial charge in [0.15, 0.2) is 0 Å². The van der Waals surface area contributed by atoms with Gasteiger partial charge in [-0.15, -0.1) is 0 Å². The van der Waals surface area contributed by atoms with E-state index >= 15 is 0 Å². The van der Waals surface area contributed by atoms with E-state index in [-0.39, 0.29) is 18.2 Å². The molecule has 9 heteroatoms. The Bertz CT molecular complexity index is 1400. The number of halogens is 1. The molecule has 0 saturated heterocycles. The van der Waals surface area contributed by atoms with Crippen LogP contribution >= 0.6 is 11.6 Å². The third-order valence-electron chi connectivity index (χ3n) is 6.23. The number of rotatable bonds is 10. The van der Waals surface area contributed by atoms with Crippen LogP contribution in [0.1, 0.15) is 30.0 Å². The number of carboxylic acid groups (broad SMARTS) is 1. The second-order valence-corrected chi connectivity index (χ2v) is 9.37. The van der Waals surface area contributed by atoms with E-state index in [0.29, 0.717) is 47.1 Å². The molecule has 0 aromatic heterocycles. The molecule has 0 fully saturated rings. The number of likely N-dealkylation sites (N-methyl/N-ethyl adjacent to an activating group) is 1. The van der Waals surface area contributed by atoms with Gasteiger partial charge in [-0.25, -0.2) is 0 Å². The summed E-state index contributed by atoms with van der Waals surface area (Å²) in [5, 5.41) is 19.0. The van der Waals surface area contributed by atoms with E-state index in [2.05, 4.69) is 16.0 Å². The van der Waals surface area contributed by atoms with Crippen LogP contribution in [0.4, 0.5) is 17.1 Å². The van der Waals surface area contributed by atoms with Gasteiger partial charge in [-0.2, -0.15) is 0 Å². The first-order chi connectivity index (χ1) is 18.3. The van der Waals surface area contributed by atoms with Crippen LogP contribution in [-0.2, 0) is 20.8 Å². The lowest BCUT2D eigenvalue weighted by atomic mass is 9.97. The summed E-state index contributed by atoms with van der Waals surface area (Å²) >= 11 is 6.16. The highest BCUT2D eigenvalue weighted by Crippen LogP contribution is 2.39. The van der Waals surface area contributed by atoms with Crippen LogP contribution in [-0.4, -0.2) is 43.0 Å². The summed E-state index contributed by atoms with van der Waals surface area (Å²) in [5.41, 5.74) is 5.44. The number of aliphatic carboxylic acids is 1. The molecule has 1 aliphatic heterocycles. The van der Waals surface area contributed by atoms with Gasteiger partial charge in [-0.05, 0) is 67.1 Å². The maximum absolute atomic E-state index is 13.2. The number of hydrogen-bond acceptors (Lipinski definition) is 5. The number of carboxylic acids is 1. The zero-order valence-corrected chi connectivity index (χ0v) is 21.9. The normalized spacial score (nSPS) is 13.5. The molecule has 0 bridgehead atoms. The van der Waals surface area contributed by atoms with E-state index in [1.165, 1.54) is 6.92 Å². The van der Waals surface area contributed by atoms with Crippen molar-refractivity contribution in [1.82, 2.24) is 5.32 Å². The maximum Gasteiger partial charge on any atom is 0.303 e. The number of hydrogen-bond donors (Lipinski definition) is 4. The van der Waals surface area contributed by atoms with Crippen molar-refractivity contribution in [1.29, 1.82) is 0 Å². The lowest BCUT2D eigenvalue weighted by molar-refractivity contribution is -0.137. The zero-order chi connectivity index (χ0) is 27.2. The van der Waals surface area contributed by atoms with Gasteiger partial charge in [0.25, 0.3) is 5.91 Å². The van der Waals surface area contributed by atoms with Crippen LogP contribution in [0.2, 0.25) is 5.02 Å². The molecular weight excluding hydrogens is 504 g/mol. The monoisotopic (exact) mass is 532 g/mol. The van der Waals surface area contributed by atoms with E-state index in [4.69, 9.17) is 16.7 Å². The molecule has 0 radical (unpaired) electrons. The van der Waals surface area contributed by atoms with Gasteiger partial charge in [0.1, 0.15) is 0 Å². The fourth-order valence-electron chi connectivity index (χ4n) is 4.37. The van der Waals surface area contributed by atoms with Crippen molar-refractivity contribution in [3.63, 3.8) is 0 Å². The second kappa shape index (κ2) is 11.9. The Kier molecular flexibility index (Phi) is 8.45. The first-order valence-electron chi connectivity index (χ1n) is 12.2. The minimum Gasteiger partial charge on any atom is -0.481 e. The van der Waals surface area contributed by atoms with Gasteiger partial charge in [-0.3, -0.25) is 14.4 Å². The fraction of sp³-hybridized carbons (Fsp3) is 0.207. The molecule has 0 unspecified atom stereocenters. The molecule has 3 aromatic rings. The lowest BCUT2D eigenvalue weighted by Crippen LogP contribution is -2.34. The second-order valence-electron chi connectivity index (χ2n) is 8.93. The molecule has 38 heavy (non-hydrogen) atoms. The van der Waals surface area contributed by atoms with Crippen LogP contribution in [0.3, 0.4) is 0 Å². The molecule has 2 amide bonds. The molecule has 3 aromatic carbocycles. The smallest absolute Gasteiger partial charge is 0.303 e. The highest BCUT2D eigenvalue weighted by atomic mass is 35.5. The van der Waals surface area contributed by atoms with E-state index < -0.39 is 5.97 Å². The van der Waals surface area contributed by atoms with E-state index in [0.717, 1.165) is 22.5 Å². The molecule has 196 valence electrons. The van der Waals surface area contributed by atoms with Gasteiger partial charge < -0.3 is 26.0 Å². The van der Waals surface area contributed by atoms with Crippen LogP contribution in [0.5, 0.6) is 0 Å². The predicted molar refractivity (Wildman–Crippen MR) is 151 cm³/mol. The quantitative estimate of drug-likeness (QED) is 0.277. The third kappa shape index (κ3) is 6.22. The molecule has 4 N–H and O–H groups in total. The minimum atomic E-state index is -0.873. The number of carbonyl (C=O) groups excluding carboxylic acids is 2. The van der Waals surface area contributed by atoms with Gasteiger partial charge >= 0.3 is 5.97 Å². The highest BCUT2D eigenvalue weighted by Gasteiger charge is 2.29. The third-order valence-corrected chi connectivity index (χ3v) is 6.47. The summed E-state index contributed by atoms with van der Waals surface area (Å²) in [7, 11) is 1.84. The van der Waals surface area contributed by atoms with Crippen molar-refractivity contribution in [2.45, 2.75) is 19.8 Å². The average molecular weight is 533 g/mol. The summed E-state index contributed by atoms with van der Waals surface area (Å²) in [5.74, 6) is -1.20. The Balaban J connectivity index is 1.75. The first-order valence-corrected chi connectivity index (χ1v) is 12.6. The van der Waals surface area contributed by atoms with Crippen LogP contribution in [0.15, 0.2) is 66.7 Å². The molecular formula is C29H29ClN4O4. The number of nitrogens with one attached hydrogen (secondary N) is 3. The largest absolute Gasteiger partial charge is 0.481 e. The summed E-state index contributed by atoms with van der Waals surface area (Å²) in [6, 6.07) is 20.2. The Morgan fingerprint density at radius 2 is 1.82 bits per heavy atom. The Labute approximate surface area is 226 Å². The molecule has 4 rings (SSSR count). The van der Waals surface area contributed by atoms with E-state index in [1.54, 1.807) is 23.1 Å². The summed E-state index contributed by atoms with van der Waals surface area (Å²) < 4.78 is 0. The predicted octanol–water partition coefficient (Wildman–Crippen LogP) is 4.86. The average Bonchev–Trinajstić information content (AvgIpc) is 3.21. The van der Waals surface area contributed by atoms with E-state index in [9.17, 15) is 14.4 Å². The molecule has 0 saturated carbocycles. The fourth-order valence-corrected chi connectivity index (χ4v) is 4.54. The van der Waals surface area contributed by atoms with Crippen molar-refractivity contribution < 1.29 is 19.5 Å². The molecule has 1 aliphatic rings. The van der Waals surface area contributed by atoms with Crippen LogP contribution in [0.25, 0.3) is 11.3 Å². The summed E-state index contributed by atoms with van der Waals surface area (Å²) in [4.78, 5) is 38.1. The van der Waals surface area contributed by atoms with Crippen molar-refractivity contribution >= 4 is 57.7 Å². The van der Waals surface area contributed by atoms with Crippen LogP contribution in [0, 0.1) is 0 Å². The molecule has 0 atom stereocenters. The number of amides is 2.